The molecule has 0 spiro atoms. The minimum atomic E-state index is -1.34. The number of benzene rings is 1. The molecule has 3 amide bonds. The third-order valence-corrected chi connectivity index (χ3v) is 4.99. The molecule has 1 heterocycles. The summed E-state index contributed by atoms with van der Waals surface area (Å²) in [5.74, 6) is -0.633. The Labute approximate surface area is 165 Å². The molecular weight excluding hydrogens is 385 g/mol. The van der Waals surface area contributed by atoms with Gasteiger partial charge in [-0.15, -0.1) is 0 Å². The number of pyridine rings is 1. The molecule has 9 heteroatoms. The Morgan fingerprint density at radius 2 is 2.11 bits per heavy atom. The normalized spacial score (nSPS) is 15.2. The number of nitrogens with one attached hydrogen (secondary N) is 2. The predicted molar refractivity (Wildman–Crippen MR) is 101 cm³/mol. The van der Waals surface area contributed by atoms with Gasteiger partial charge in [0.2, 0.25) is 0 Å². The molecule has 28 heavy (non-hydrogen) atoms. The summed E-state index contributed by atoms with van der Waals surface area (Å²) in [6.07, 6.45) is 2.75. The maximum atomic E-state index is 14.1. The van der Waals surface area contributed by atoms with Crippen molar-refractivity contribution in [1.82, 2.24) is 10.3 Å². The SMILES string of the molecule is N#Cc1ccc(C(=O)Nc2ccc(Cl)c(C(CF)(NC(N)=O)C3CC3)c2)nc1. The largest absolute Gasteiger partial charge is 0.352 e. The van der Waals surface area contributed by atoms with Gasteiger partial charge in [0.1, 0.15) is 18.4 Å². The van der Waals surface area contributed by atoms with Crippen LogP contribution in [0.2, 0.25) is 5.02 Å². The van der Waals surface area contributed by atoms with E-state index in [4.69, 9.17) is 22.6 Å². The van der Waals surface area contributed by atoms with Crippen LogP contribution in [0.3, 0.4) is 0 Å². The average molecular weight is 402 g/mol. The van der Waals surface area contributed by atoms with Gasteiger partial charge in [-0.1, -0.05) is 11.6 Å². The Bertz CT molecular complexity index is 956. The number of carbonyl (C=O) groups excluding carboxylic acids is 2. The van der Waals surface area contributed by atoms with Gasteiger partial charge in [-0.05, 0) is 49.1 Å². The lowest BCUT2D eigenvalue weighted by atomic mass is 9.85. The first-order valence-electron chi connectivity index (χ1n) is 8.50. The summed E-state index contributed by atoms with van der Waals surface area (Å²) >= 11 is 6.29. The van der Waals surface area contributed by atoms with Gasteiger partial charge in [-0.2, -0.15) is 5.26 Å². The van der Waals surface area contributed by atoms with Crippen LogP contribution in [0.4, 0.5) is 14.9 Å². The highest BCUT2D eigenvalue weighted by molar-refractivity contribution is 6.31. The third-order valence-electron chi connectivity index (χ3n) is 4.66. The standard InChI is InChI=1S/C19H17ClFN5O2/c20-15-5-4-13(25-17(27)16-6-1-11(8-22)9-24-16)7-14(15)19(10-21,12-2-3-12)26-18(23)28/h1,4-7,9,12H,2-3,10H2,(H,25,27)(H3,23,26,28). The highest BCUT2D eigenvalue weighted by Crippen LogP contribution is 2.48. The Morgan fingerprint density at radius 1 is 1.36 bits per heavy atom. The van der Waals surface area contributed by atoms with Crippen LogP contribution in [-0.4, -0.2) is 23.6 Å². The molecule has 1 aliphatic rings. The van der Waals surface area contributed by atoms with E-state index in [0.717, 1.165) is 12.8 Å². The van der Waals surface area contributed by atoms with E-state index in [1.54, 1.807) is 6.07 Å². The summed E-state index contributed by atoms with van der Waals surface area (Å²) in [6, 6.07) is 8.59. The van der Waals surface area contributed by atoms with Crippen molar-refractivity contribution in [2.75, 3.05) is 12.0 Å². The lowest BCUT2D eigenvalue weighted by Gasteiger charge is -2.33. The molecule has 1 unspecified atom stereocenters. The Morgan fingerprint density at radius 3 is 2.64 bits per heavy atom. The van der Waals surface area contributed by atoms with Gasteiger partial charge in [-0.25, -0.2) is 14.2 Å². The first-order chi connectivity index (χ1) is 13.4. The van der Waals surface area contributed by atoms with Crippen LogP contribution in [-0.2, 0) is 5.54 Å². The fourth-order valence-electron chi connectivity index (χ4n) is 3.13. The molecule has 7 nitrogen and oxygen atoms in total. The summed E-state index contributed by atoms with van der Waals surface area (Å²) in [6.45, 7) is -0.880. The zero-order valence-electron chi connectivity index (χ0n) is 14.7. The average Bonchev–Trinajstić information content (AvgIpc) is 3.53. The lowest BCUT2D eigenvalue weighted by molar-refractivity contribution is 0.102. The van der Waals surface area contributed by atoms with E-state index < -0.39 is 24.2 Å². The minimum Gasteiger partial charge on any atom is -0.352 e. The zero-order chi connectivity index (χ0) is 20.3. The van der Waals surface area contributed by atoms with Gasteiger partial charge in [0.25, 0.3) is 5.91 Å². The molecule has 144 valence electrons. The zero-order valence-corrected chi connectivity index (χ0v) is 15.5. The lowest BCUT2D eigenvalue weighted by Crippen LogP contribution is -2.51. The van der Waals surface area contributed by atoms with Gasteiger partial charge in [-0.3, -0.25) is 4.79 Å². The number of hydrogen-bond acceptors (Lipinski definition) is 4. The molecule has 1 saturated carbocycles. The summed E-state index contributed by atoms with van der Waals surface area (Å²) in [4.78, 5) is 27.8. The van der Waals surface area contributed by atoms with Crippen LogP contribution < -0.4 is 16.4 Å². The highest BCUT2D eigenvalue weighted by Gasteiger charge is 2.49. The summed E-state index contributed by atoms with van der Waals surface area (Å²) in [7, 11) is 0. The van der Waals surface area contributed by atoms with Gasteiger partial charge in [0.05, 0.1) is 11.1 Å². The second kappa shape index (κ2) is 7.82. The maximum absolute atomic E-state index is 14.1. The number of rotatable bonds is 6. The number of hydrogen-bond donors (Lipinski definition) is 3. The summed E-state index contributed by atoms with van der Waals surface area (Å²) in [5.41, 5.74) is 5.09. The van der Waals surface area contributed by atoms with Crippen molar-refractivity contribution in [3.63, 3.8) is 0 Å². The summed E-state index contributed by atoms with van der Waals surface area (Å²) in [5, 5.41) is 14.2. The highest BCUT2D eigenvalue weighted by atomic mass is 35.5. The van der Waals surface area contributed by atoms with Crippen LogP contribution in [0.25, 0.3) is 0 Å². The number of amides is 3. The molecule has 1 aromatic heterocycles. The smallest absolute Gasteiger partial charge is 0.312 e. The van der Waals surface area contributed by atoms with Gasteiger partial charge < -0.3 is 16.4 Å². The topological polar surface area (TPSA) is 121 Å². The van der Waals surface area contributed by atoms with E-state index in [1.165, 1.54) is 30.5 Å². The molecule has 2 aromatic rings. The van der Waals surface area contributed by atoms with Crippen molar-refractivity contribution >= 4 is 29.2 Å². The van der Waals surface area contributed by atoms with E-state index in [-0.39, 0.29) is 16.6 Å². The van der Waals surface area contributed by atoms with Gasteiger partial charge in [0.15, 0.2) is 0 Å². The number of halogens is 2. The van der Waals surface area contributed by atoms with Crippen molar-refractivity contribution in [3.05, 3.63) is 58.4 Å². The molecule has 1 fully saturated rings. The molecule has 0 aliphatic heterocycles. The predicted octanol–water partition coefficient (Wildman–Crippen LogP) is 3.10. The van der Waals surface area contributed by atoms with Crippen molar-refractivity contribution in [2.45, 2.75) is 18.4 Å². The number of nitriles is 1. The van der Waals surface area contributed by atoms with E-state index >= 15 is 0 Å². The van der Waals surface area contributed by atoms with E-state index in [9.17, 15) is 14.0 Å². The van der Waals surface area contributed by atoms with Crippen molar-refractivity contribution < 1.29 is 14.0 Å². The molecule has 1 aromatic carbocycles. The molecule has 0 saturated heterocycles. The fraction of sp³-hybridized carbons (Fsp3) is 0.263. The van der Waals surface area contributed by atoms with Crippen molar-refractivity contribution in [2.24, 2.45) is 11.7 Å². The number of carbonyl (C=O) groups is 2. The first kappa shape index (κ1) is 19.6. The number of nitrogens with zero attached hydrogens (tertiary/aromatic N) is 2. The maximum Gasteiger partial charge on any atom is 0.312 e. The van der Waals surface area contributed by atoms with Crippen LogP contribution in [0, 0.1) is 17.2 Å². The monoisotopic (exact) mass is 401 g/mol. The second-order valence-corrected chi connectivity index (χ2v) is 6.97. The molecular formula is C19H17ClFN5O2. The molecule has 1 aliphatic carbocycles. The number of alkyl halides is 1. The van der Waals surface area contributed by atoms with Gasteiger partial charge in [0, 0.05) is 22.5 Å². The Kier molecular flexibility index (Phi) is 5.47. The fourth-order valence-corrected chi connectivity index (χ4v) is 3.42. The second-order valence-electron chi connectivity index (χ2n) is 6.56. The van der Waals surface area contributed by atoms with Crippen LogP contribution in [0.15, 0.2) is 36.5 Å². The third kappa shape index (κ3) is 3.89. The minimum absolute atomic E-state index is 0.115. The van der Waals surface area contributed by atoms with Crippen LogP contribution >= 0.6 is 11.6 Å². The van der Waals surface area contributed by atoms with Crippen LogP contribution in [0.5, 0.6) is 0 Å². The molecule has 3 rings (SSSR count). The summed E-state index contributed by atoms with van der Waals surface area (Å²) < 4.78 is 14.1. The van der Waals surface area contributed by atoms with Crippen LogP contribution in [0.1, 0.15) is 34.5 Å². The number of urea groups is 1. The molecule has 0 bridgehead atoms. The Hall–Kier alpha value is -3.18. The van der Waals surface area contributed by atoms with E-state index in [2.05, 4.69) is 15.6 Å². The number of nitrogens with two attached hydrogens (primary N) is 1. The van der Waals surface area contributed by atoms with Crippen molar-refractivity contribution in [3.8, 4) is 6.07 Å². The molecule has 1 atom stereocenters. The van der Waals surface area contributed by atoms with E-state index in [0.29, 0.717) is 16.8 Å². The van der Waals surface area contributed by atoms with E-state index in [1.807, 2.05) is 6.07 Å². The van der Waals surface area contributed by atoms with Gasteiger partial charge >= 0.3 is 6.03 Å². The molecule has 4 N–H and O–H groups in total. The number of aromatic nitrogens is 1. The Balaban J connectivity index is 1.91. The number of anilines is 1. The van der Waals surface area contributed by atoms with Crippen molar-refractivity contribution in [1.29, 1.82) is 5.26 Å². The quantitative estimate of drug-likeness (QED) is 0.688. The first-order valence-corrected chi connectivity index (χ1v) is 8.88. The number of primary amides is 1. The molecule has 0 radical (unpaired) electrons.